The molecule has 0 amide bonds. The number of hydrogen-bond donors (Lipinski definition) is 0. The van der Waals surface area contributed by atoms with Gasteiger partial charge in [-0.2, -0.15) is 8.42 Å². The minimum Gasteiger partial charge on any atom is -0.377 e. The lowest BCUT2D eigenvalue weighted by atomic mass is 10.2. The summed E-state index contributed by atoms with van der Waals surface area (Å²) in [6.07, 6.45) is 1.42. The number of nitro benzene ring substituents is 1. The van der Waals surface area contributed by atoms with Gasteiger partial charge < -0.3 is 4.18 Å². The van der Waals surface area contributed by atoms with Gasteiger partial charge in [0.2, 0.25) is 0 Å². The molecule has 3 aromatic rings. The third kappa shape index (κ3) is 5.28. The summed E-state index contributed by atoms with van der Waals surface area (Å²) in [5, 5.41) is 10.7. The van der Waals surface area contributed by atoms with E-state index in [9.17, 15) is 18.5 Å². The van der Waals surface area contributed by atoms with Gasteiger partial charge in [0, 0.05) is 28.4 Å². The van der Waals surface area contributed by atoms with E-state index in [0.29, 0.717) is 20.2 Å². The molecule has 3 rings (SSSR count). The molecule has 10 heteroatoms. The number of nitrogens with zero attached hydrogens (tertiary/aromatic N) is 2. The Morgan fingerprint density at radius 1 is 1.00 bits per heavy atom. The van der Waals surface area contributed by atoms with Crippen LogP contribution in [0.25, 0.3) is 0 Å². The van der Waals surface area contributed by atoms with Gasteiger partial charge in [0.25, 0.3) is 5.69 Å². The van der Waals surface area contributed by atoms with Crippen molar-refractivity contribution in [3.8, 4) is 5.75 Å². The zero-order chi connectivity index (χ0) is 21.0. The topological polar surface area (TPSA) is 98.9 Å². The summed E-state index contributed by atoms with van der Waals surface area (Å²) in [4.78, 5) is 14.5. The van der Waals surface area contributed by atoms with Crippen LogP contribution < -0.4 is 4.18 Å². The van der Waals surface area contributed by atoms with Crippen LogP contribution in [0.1, 0.15) is 5.56 Å². The maximum Gasteiger partial charge on any atom is 0.339 e. The molecular weight excluding hydrogens is 528 g/mol. The van der Waals surface area contributed by atoms with Gasteiger partial charge in [-0.3, -0.25) is 15.1 Å². The molecule has 0 spiro atoms. The smallest absolute Gasteiger partial charge is 0.339 e. The fraction of sp³-hybridized carbons (Fsp3) is 0. The van der Waals surface area contributed by atoms with Crippen LogP contribution in [0.2, 0.25) is 0 Å². The largest absolute Gasteiger partial charge is 0.377 e. The van der Waals surface area contributed by atoms with Gasteiger partial charge in [0.1, 0.15) is 4.90 Å². The Morgan fingerprint density at radius 3 is 2.28 bits per heavy atom. The number of non-ortho nitro benzene ring substituents is 1. The summed E-state index contributed by atoms with van der Waals surface area (Å²) < 4.78 is 31.7. The van der Waals surface area contributed by atoms with Gasteiger partial charge >= 0.3 is 10.1 Å². The molecule has 0 bridgehead atoms. The lowest BCUT2D eigenvalue weighted by Gasteiger charge is -2.12. The quantitative estimate of drug-likeness (QED) is 0.175. The first-order valence-corrected chi connectivity index (χ1v) is 11.0. The highest BCUT2D eigenvalue weighted by atomic mass is 79.9. The van der Waals surface area contributed by atoms with Crippen molar-refractivity contribution in [3.63, 3.8) is 0 Å². The molecule has 3 aromatic carbocycles. The van der Waals surface area contributed by atoms with Crippen LogP contribution in [0.4, 0.5) is 11.4 Å². The highest BCUT2D eigenvalue weighted by Crippen LogP contribution is 2.34. The highest BCUT2D eigenvalue weighted by molar-refractivity contribution is 9.11. The molecule has 0 unspecified atom stereocenters. The first kappa shape index (κ1) is 21.2. The number of aliphatic imine (C=N–C) groups is 1. The Hall–Kier alpha value is -2.56. The second kappa shape index (κ2) is 8.85. The summed E-state index contributed by atoms with van der Waals surface area (Å²) in [6, 6.07) is 16.7. The van der Waals surface area contributed by atoms with E-state index in [2.05, 4.69) is 36.9 Å². The number of rotatable bonds is 6. The van der Waals surface area contributed by atoms with Crippen molar-refractivity contribution >= 4 is 59.6 Å². The van der Waals surface area contributed by atoms with E-state index in [1.807, 2.05) is 0 Å². The van der Waals surface area contributed by atoms with Gasteiger partial charge in [-0.05, 0) is 52.3 Å². The van der Waals surface area contributed by atoms with Gasteiger partial charge in [0.05, 0.1) is 15.1 Å². The average molecular weight is 540 g/mol. The molecule has 0 aliphatic carbocycles. The molecule has 0 atom stereocenters. The van der Waals surface area contributed by atoms with Crippen LogP contribution in [0.15, 0.2) is 85.6 Å². The van der Waals surface area contributed by atoms with E-state index in [4.69, 9.17) is 4.18 Å². The number of nitro groups is 1. The molecule has 0 saturated carbocycles. The highest BCUT2D eigenvalue weighted by Gasteiger charge is 2.20. The SMILES string of the molecule is O=[N+]([O-])c1ccc(N=Cc2cc(Br)cc(Br)c2OS(=O)(=O)c2ccccc2)cc1. The molecule has 0 aliphatic rings. The van der Waals surface area contributed by atoms with E-state index in [1.165, 1.54) is 42.6 Å². The second-order valence-electron chi connectivity index (χ2n) is 5.69. The Labute approximate surface area is 183 Å². The minimum atomic E-state index is -4.05. The molecule has 0 N–H and O–H groups in total. The zero-order valence-electron chi connectivity index (χ0n) is 14.5. The molecule has 0 radical (unpaired) electrons. The zero-order valence-corrected chi connectivity index (χ0v) is 18.5. The van der Waals surface area contributed by atoms with Gasteiger partial charge in [-0.15, -0.1) is 0 Å². The van der Waals surface area contributed by atoms with Crippen LogP contribution in [0, 0.1) is 10.1 Å². The van der Waals surface area contributed by atoms with Crippen molar-refractivity contribution in [2.75, 3.05) is 0 Å². The molecule has 29 heavy (non-hydrogen) atoms. The Bertz CT molecular complexity index is 1180. The monoisotopic (exact) mass is 538 g/mol. The third-order valence-corrected chi connectivity index (χ3v) is 5.96. The standard InChI is InChI=1S/C19H12Br2N2O5S/c20-14-10-13(12-22-15-6-8-16(9-7-15)23(24)25)19(18(21)11-14)28-29(26,27)17-4-2-1-3-5-17/h1-12H. The van der Waals surface area contributed by atoms with Crippen molar-refractivity contribution in [1.29, 1.82) is 0 Å². The Balaban J connectivity index is 1.96. The maximum atomic E-state index is 12.6. The molecular formula is C19H12Br2N2O5S. The van der Waals surface area contributed by atoms with Crippen LogP contribution in [-0.2, 0) is 10.1 Å². The minimum absolute atomic E-state index is 0.0214. The van der Waals surface area contributed by atoms with E-state index in [1.54, 1.807) is 30.3 Å². The normalized spacial score (nSPS) is 11.5. The summed E-state index contributed by atoms with van der Waals surface area (Å²) in [6.45, 7) is 0. The number of benzene rings is 3. The lowest BCUT2D eigenvalue weighted by Crippen LogP contribution is -2.11. The lowest BCUT2D eigenvalue weighted by molar-refractivity contribution is -0.384. The number of halogens is 2. The van der Waals surface area contributed by atoms with Crippen molar-refractivity contribution < 1.29 is 17.5 Å². The van der Waals surface area contributed by atoms with E-state index in [-0.39, 0.29) is 16.3 Å². The average Bonchev–Trinajstić information content (AvgIpc) is 2.69. The summed E-state index contributed by atoms with van der Waals surface area (Å²) in [5.74, 6) is 0.0720. The second-order valence-corrected chi connectivity index (χ2v) is 9.00. The predicted octanol–water partition coefficient (Wildman–Crippen LogP) is 5.64. The molecule has 0 aliphatic heterocycles. The summed E-state index contributed by atoms with van der Waals surface area (Å²) in [5.41, 5.74) is 0.805. The van der Waals surface area contributed by atoms with E-state index in [0.717, 1.165) is 0 Å². The van der Waals surface area contributed by atoms with Crippen molar-refractivity contribution in [3.05, 3.63) is 91.4 Å². The molecule has 148 valence electrons. The van der Waals surface area contributed by atoms with E-state index >= 15 is 0 Å². The van der Waals surface area contributed by atoms with Crippen molar-refractivity contribution in [2.45, 2.75) is 4.90 Å². The fourth-order valence-corrected chi connectivity index (χ4v) is 4.75. The maximum absolute atomic E-state index is 12.6. The van der Waals surface area contributed by atoms with Crippen molar-refractivity contribution in [1.82, 2.24) is 0 Å². The van der Waals surface area contributed by atoms with Gasteiger partial charge in [-0.25, -0.2) is 0 Å². The third-order valence-electron chi connectivity index (χ3n) is 3.68. The molecule has 7 nitrogen and oxygen atoms in total. The van der Waals surface area contributed by atoms with E-state index < -0.39 is 15.0 Å². The Kier molecular flexibility index (Phi) is 6.46. The van der Waals surface area contributed by atoms with Crippen LogP contribution >= 0.6 is 31.9 Å². The molecule has 0 aromatic heterocycles. The molecule has 0 heterocycles. The summed E-state index contributed by atoms with van der Waals surface area (Å²) in [7, 11) is -4.05. The first-order chi connectivity index (χ1) is 13.8. The summed E-state index contributed by atoms with van der Waals surface area (Å²) >= 11 is 6.67. The van der Waals surface area contributed by atoms with Gasteiger partial charge in [-0.1, -0.05) is 34.1 Å². The molecule has 0 saturated heterocycles. The van der Waals surface area contributed by atoms with Gasteiger partial charge in [0.15, 0.2) is 5.75 Å². The molecule has 0 fully saturated rings. The van der Waals surface area contributed by atoms with Crippen LogP contribution in [0.5, 0.6) is 5.75 Å². The fourth-order valence-electron chi connectivity index (χ4n) is 2.31. The van der Waals surface area contributed by atoms with Crippen LogP contribution in [0.3, 0.4) is 0 Å². The number of hydrogen-bond acceptors (Lipinski definition) is 6. The van der Waals surface area contributed by atoms with Crippen LogP contribution in [-0.4, -0.2) is 19.6 Å². The first-order valence-electron chi connectivity index (χ1n) is 8.03. The Morgan fingerprint density at radius 2 is 1.66 bits per heavy atom. The van der Waals surface area contributed by atoms with Crippen molar-refractivity contribution in [2.24, 2.45) is 4.99 Å². The predicted molar refractivity (Wildman–Crippen MR) is 116 cm³/mol.